The van der Waals surface area contributed by atoms with Gasteiger partial charge in [-0.25, -0.2) is 8.42 Å². The number of hydrogen-bond donors (Lipinski definition) is 0. The molecule has 0 amide bonds. The summed E-state index contributed by atoms with van der Waals surface area (Å²) in [4.78, 5) is 12.2. The van der Waals surface area contributed by atoms with Gasteiger partial charge in [0.15, 0.2) is 0 Å². The molecule has 0 spiro atoms. The summed E-state index contributed by atoms with van der Waals surface area (Å²) in [6, 6.07) is 12.5. The van der Waals surface area contributed by atoms with E-state index < -0.39 is 10.0 Å². The zero-order chi connectivity index (χ0) is 17.0. The van der Waals surface area contributed by atoms with Crippen molar-refractivity contribution >= 4 is 16.1 Å². The lowest BCUT2D eigenvalue weighted by Gasteiger charge is -2.16. The molecule has 1 aromatic carbocycles. The first kappa shape index (κ1) is 16.7. The molecule has 1 aromatic heterocycles. The second-order valence-electron chi connectivity index (χ2n) is 5.78. The molecule has 2 aromatic rings. The van der Waals surface area contributed by atoms with E-state index in [9.17, 15) is 13.2 Å². The first-order valence-electron chi connectivity index (χ1n) is 7.99. The van der Waals surface area contributed by atoms with Crippen LogP contribution in [0.1, 0.15) is 18.4 Å². The topological polar surface area (TPSA) is 59.4 Å². The largest absolute Gasteiger partial charge is 0.310 e. The summed E-state index contributed by atoms with van der Waals surface area (Å²) in [5.74, 6) is 0. The number of rotatable bonds is 5. The van der Waals surface area contributed by atoms with Gasteiger partial charge in [-0.2, -0.15) is 4.31 Å². The van der Waals surface area contributed by atoms with Crippen molar-refractivity contribution in [1.82, 2.24) is 8.87 Å². The van der Waals surface area contributed by atoms with E-state index >= 15 is 0 Å². The first-order valence-corrected chi connectivity index (χ1v) is 9.44. The highest BCUT2D eigenvalue weighted by Gasteiger charge is 2.27. The molecule has 1 saturated heterocycles. The van der Waals surface area contributed by atoms with Crippen molar-refractivity contribution in [3.8, 4) is 0 Å². The highest BCUT2D eigenvalue weighted by Crippen LogP contribution is 2.19. The van der Waals surface area contributed by atoms with Crippen LogP contribution in [0.5, 0.6) is 0 Å². The molecule has 1 fully saturated rings. The van der Waals surface area contributed by atoms with Gasteiger partial charge in [0.2, 0.25) is 10.0 Å². The van der Waals surface area contributed by atoms with E-state index in [2.05, 4.69) is 0 Å². The van der Waals surface area contributed by atoms with Crippen LogP contribution in [0.4, 0.5) is 0 Å². The molecule has 1 aliphatic heterocycles. The fourth-order valence-electron chi connectivity index (χ4n) is 2.75. The highest BCUT2D eigenvalue weighted by molar-refractivity contribution is 7.89. The van der Waals surface area contributed by atoms with Crippen molar-refractivity contribution in [2.75, 3.05) is 13.1 Å². The third kappa shape index (κ3) is 3.66. The molecular weight excluding hydrogens is 324 g/mol. The van der Waals surface area contributed by atoms with Gasteiger partial charge in [-0.3, -0.25) is 4.79 Å². The Balaban J connectivity index is 1.81. The van der Waals surface area contributed by atoms with Gasteiger partial charge < -0.3 is 4.57 Å². The summed E-state index contributed by atoms with van der Waals surface area (Å²) in [6.45, 7) is 1.43. The normalized spacial score (nSPS) is 16.0. The van der Waals surface area contributed by atoms with Crippen LogP contribution in [-0.4, -0.2) is 30.4 Å². The molecule has 0 aliphatic carbocycles. The van der Waals surface area contributed by atoms with Gasteiger partial charge in [0.1, 0.15) is 0 Å². The SMILES string of the molecule is O=c1ccc(S(=O)(=O)N2CCCC2)cn1C/C=C/c1ccccc1. The molecule has 2 heterocycles. The number of pyridine rings is 1. The number of nitrogens with zero attached hydrogens (tertiary/aromatic N) is 2. The van der Waals surface area contributed by atoms with Crippen molar-refractivity contribution in [2.24, 2.45) is 0 Å². The smallest absolute Gasteiger partial charge is 0.250 e. The third-order valence-corrected chi connectivity index (χ3v) is 5.95. The monoisotopic (exact) mass is 344 g/mol. The maximum absolute atomic E-state index is 12.6. The Labute approximate surface area is 141 Å². The fraction of sp³-hybridized carbons (Fsp3) is 0.278. The van der Waals surface area contributed by atoms with Gasteiger partial charge in [-0.1, -0.05) is 42.5 Å². The van der Waals surface area contributed by atoms with E-state index in [0.29, 0.717) is 19.6 Å². The minimum atomic E-state index is -3.51. The Kier molecular flexibility index (Phi) is 4.97. The number of benzene rings is 1. The Morgan fingerprint density at radius 2 is 1.71 bits per heavy atom. The van der Waals surface area contributed by atoms with Crippen molar-refractivity contribution in [3.63, 3.8) is 0 Å². The van der Waals surface area contributed by atoms with Gasteiger partial charge in [0, 0.05) is 31.9 Å². The number of hydrogen-bond acceptors (Lipinski definition) is 3. The maximum atomic E-state index is 12.6. The second-order valence-corrected chi connectivity index (χ2v) is 7.72. The van der Waals surface area contributed by atoms with Crippen molar-refractivity contribution in [2.45, 2.75) is 24.3 Å². The molecule has 24 heavy (non-hydrogen) atoms. The number of aromatic nitrogens is 1. The average Bonchev–Trinajstić information content (AvgIpc) is 3.13. The van der Waals surface area contributed by atoms with E-state index in [1.807, 2.05) is 42.5 Å². The number of sulfonamides is 1. The lowest BCUT2D eigenvalue weighted by molar-refractivity contribution is 0.476. The van der Waals surface area contributed by atoms with E-state index in [-0.39, 0.29) is 10.5 Å². The zero-order valence-electron chi connectivity index (χ0n) is 13.3. The Morgan fingerprint density at radius 1 is 1.00 bits per heavy atom. The van der Waals surface area contributed by atoms with Crippen LogP contribution in [0.2, 0.25) is 0 Å². The lowest BCUT2D eigenvalue weighted by Crippen LogP contribution is -2.29. The molecule has 5 nitrogen and oxygen atoms in total. The third-order valence-electron chi connectivity index (χ3n) is 4.07. The standard InChI is InChI=1S/C18H20N2O3S/c21-18-11-10-17(24(22,23)20-13-4-5-14-20)15-19(18)12-6-9-16-7-2-1-3-8-16/h1-3,6-11,15H,4-5,12-14H2/b9-6+. The molecule has 0 bridgehead atoms. The van der Waals surface area contributed by atoms with Crippen LogP contribution in [0.15, 0.2) is 64.4 Å². The summed E-state index contributed by atoms with van der Waals surface area (Å²) >= 11 is 0. The van der Waals surface area contributed by atoms with Crippen LogP contribution in [0, 0.1) is 0 Å². The Hall–Kier alpha value is -2.18. The van der Waals surface area contributed by atoms with Gasteiger partial charge in [-0.05, 0) is 24.5 Å². The minimum Gasteiger partial charge on any atom is -0.310 e. The summed E-state index contributed by atoms with van der Waals surface area (Å²) in [6.07, 6.45) is 6.97. The van der Waals surface area contributed by atoms with Gasteiger partial charge >= 0.3 is 0 Å². The molecule has 0 N–H and O–H groups in total. The molecule has 1 aliphatic rings. The summed E-state index contributed by atoms with van der Waals surface area (Å²) in [7, 11) is -3.51. The van der Waals surface area contributed by atoms with E-state index in [1.165, 1.54) is 27.2 Å². The summed E-state index contributed by atoms with van der Waals surface area (Å²) < 4.78 is 28.1. The van der Waals surface area contributed by atoms with Crippen molar-refractivity contribution in [3.05, 3.63) is 70.7 Å². The average molecular weight is 344 g/mol. The van der Waals surface area contributed by atoms with Crippen LogP contribution in [0.25, 0.3) is 6.08 Å². The summed E-state index contributed by atoms with van der Waals surface area (Å²) in [5.41, 5.74) is 0.819. The van der Waals surface area contributed by atoms with E-state index in [1.54, 1.807) is 0 Å². The maximum Gasteiger partial charge on any atom is 0.250 e. The minimum absolute atomic E-state index is 0.178. The molecule has 126 valence electrons. The van der Waals surface area contributed by atoms with E-state index in [0.717, 1.165) is 18.4 Å². The van der Waals surface area contributed by atoms with Gasteiger partial charge in [0.05, 0.1) is 4.90 Å². The molecule has 0 saturated carbocycles. The van der Waals surface area contributed by atoms with Crippen LogP contribution in [0.3, 0.4) is 0 Å². The van der Waals surface area contributed by atoms with Gasteiger partial charge in [-0.15, -0.1) is 0 Å². The van der Waals surface area contributed by atoms with E-state index in [4.69, 9.17) is 0 Å². The quantitative estimate of drug-likeness (QED) is 0.836. The second kappa shape index (κ2) is 7.15. The van der Waals surface area contributed by atoms with Crippen molar-refractivity contribution in [1.29, 1.82) is 0 Å². The predicted octanol–water partition coefficient (Wildman–Crippen LogP) is 2.35. The zero-order valence-corrected chi connectivity index (χ0v) is 14.2. The Morgan fingerprint density at radius 3 is 2.42 bits per heavy atom. The molecule has 6 heteroatoms. The molecular formula is C18H20N2O3S. The van der Waals surface area contributed by atoms with Crippen LogP contribution < -0.4 is 5.56 Å². The molecule has 0 radical (unpaired) electrons. The van der Waals surface area contributed by atoms with Crippen LogP contribution in [-0.2, 0) is 16.6 Å². The molecule has 0 unspecified atom stereocenters. The fourth-order valence-corrected chi connectivity index (χ4v) is 4.29. The first-order chi connectivity index (χ1) is 11.6. The number of allylic oxidation sites excluding steroid dienone is 1. The molecule has 3 rings (SSSR count). The highest BCUT2D eigenvalue weighted by atomic mass is 32.2. The van der Waals surface area contributed by atoms with Crippen molar-refractivity contribution < 1.29 is 8.42 Å². The summed E-state index contributed by atoms with van der Waals surface area (Å²) in [5, 5.41) is 0. The van der Waals surface area contributed by atoms with Gasteiger partial charge in [0.25, 0.3) is 5.56 Å². The molecule has 0 atom stereocenters. The van der Waals surface area contributed by atoms with Crippen LogP contribution >= 0.6 is 0 Å². The predicted molar refractivity (Wildman–Crippen MR) is 94.2 cm³/mol. The Bertz CT molecular complexity index is 880. The lowest BCUT2D eigenvalue weighted by atomic mass is 10.2.